The maximum atomic E-state index is 13.2. The maximum absolute atomic E-state index is 13.2. The van der Waals surface area contributed by atoms with Crippen LogP contribution in [-0.4, -0.2) is 42.7 Å². The van der Waals surface area contributed by atoms with E-state index in [1.807, 2.05) is 9.34 Å². The van der Waals surface area contributed by atoms with Crippen LogP contribution in [0.1, 0.15) is 11.7 Å². The van der Waals surface area contributed by atoms with Gasteiger partial charge in [0.15, 0.2) is 14.6 Å². The van der Waals surface area contributed by atoms with Crippen molar-refractivity contribution in [1.82, 2.24) is 9.34 Å². The van der Waals surface area contributed by atoms with Crippen LogP contribution < -0.4 is 0 Å². The van der Waals surface area contributed by atoms with Gasteiger partial charge < -0.3 is 4.52 Å². The van der Waals surface area contributed by atoms with Crippen molar-refractivity contribution in [2.24, 2.45) is 0 Å². The zero-order valence-corrected chi connectivity index (χ0v) is 11.7. The molecular weight excluding hydrogens is 276 g/mol. The third-order valence-electron chi connectivity index (χ3n) is 2.93. The Morgan fingerprint density at radius 1 is 1.11 bits per heavy atom. The van der Waals surface area contributed by atoms with E-state index in [0.29, 0.717) is 0 Å². The van der Waals surface area contributed by atoms with E-state index in [0.717, 1.165) is 13.1 Å². The van der Waals surface area contributed by atoms with Crippen molar-refractivity contribution in [3.63, 3.8) is 0 Å². The highest BCUT2D eigenvalue weighted by Gasteiger charge is 2.45. The molecule has 0 bridgehead atoms. The number of benzene rings is 1. The first-order chi connectivity index (χ1) is 8.89. The minimum absolute atomic E-state index is 0.145. The Morgan fingerprint density at radius 2 is 1.63 bits per heavy atom. The van der Waals surface area contributed by atoms with Crippen LogP contribution in [0.15, 0.2) is 30.3 Å². The van der Waals surface area contributed by atoms with Crippen LogP contribution in [0.25, 0.3) is 0 Å². The number of likely N-dealkylation sites (N-methyl/N-ethyl adjacent to an activating group) is 2. The molecule has 1 unspecified atom stereocenters. The van der Waals surface area contributed by atoms with Crippen LogP contribution in [0.5, 0.6) is 0 Å². The van der Waals surface area contributed by atoms with Crippen molar-refractivity contribution >= 4 is 8.45 Å². The third kappa shape index (κ3) is 3.45. The smallest absolute Gasteiger partial charge is 0.313 e. The second-order valence-electron chi connectivity index (χ2n) is 4.45. The molecule has 3 nitrogen and oxygen atoms in total. The van der Waals surface area contributed by atoms with E-state index in [-0.39, 0.29) is 5.56 Å². The number of hydrogen-bond donors (Lipinski definition) is 0. The van der Waals surface area contributed by atoms with Crippen molar-refractivity contribution in [2.75, 3.05) is 27.2 Å². The van der Waals surface area contributed by atoms with Gasteiger partial charge in [0.25, 0.3) is 0 Å². The molecule has 0 amide bonds. The summed E-state index contributed by atoms with van der Waals surface area (Å²) in [4.78, 5) is 0. The minimum atomic E-state index is -4.41. The number of alkyl halides is 3. The molecule has 19 heavy (non-hydrogen) atoms. The molecule has 1 aliphatic heterocycles. The number of nitrogens with zero attached hydrogens (tertiary/aromatic N) is 2. The average molecular weight is 292 g/mol. The van der Waals surface area contributed by atoms with Crippen LogP contribution >= 0.6 is 8.45 Å². The van der Waals surface area contributed by atoms with Gasteiger partial charge >= 0.3 is 6.18 Å². The summed E-state index contributed by atoms with van der Waals surface area (Å²) in [5.41, 5.74) is 0.145. The summed E-state index contributed by atoms with van der Waals surface area (Å²) in [6, 6.07) is 7.77. The molecule has 1 saturated heterocycles. The van der Waals surface area contributed by atoms with Gasteiger partial charge in [0.2, 0.25) is 0 Å². The molecule has 0 N–H and O–H groups in total. The predicted octanol–water partition coefficient (Wildman–Crippen LogP) is 3.41. The summed E-state index contributed by atoms with van der Waals surface area (Å²) in [6.07, 6.45) is -6.28. The second kappa shape index (κ2) is 5.75. The number of rotatable bonds is 3. The van der Waals surface area contributed by atoms with Crippen molar-refractivity contribution in [1.29, 1.82) is 0 Å². The SMILES string of the molecule is CN1CCN(C)P1OC(c1ccccc1)C(F)(F)F. The topological polar surface area (TPSA) is 15.7 Å². The molecule has 0 aromatic heterocycles. The Labute approximate surface area is 111 Å². The zero-order valence-electron chi connectivity index (χ0n) is 10.8. The van der Waals surface area contributed by atoms with Crippen LogP contribution in [0.2, 0.25) is 0 Å². The highest BCUT2D eigenvalue weighted by Crippen LogP contribution is 2.53. The molecule has 106 valence electrons. The van der Waals surface area contributed by atoms with Gasteiger partial charge in [-0.3, -0.25) is 0 Å². The van der Waals surface area contributed by atoms with Crippen LogP contribution in [0.3, 0.4) is 0 Å². The van der Waals surface area contributed by atoms with Gasteiger partial charge in [-0.25, -0.2) is 9.34 Å². The molecule has 1 fully saturated rings. The van der Waals surface area contributed by atoms with Crippen molar-refractivity contribution < 1.29 is 17.7 Å². The lowest BCUT2D eigenvalue weighted by Gasteiger charge is -2.29. The number of halogens is 3. The van der Waals surface area contributed by atoms with E-state index in [9.17, 15) is 13.2 Å². The normalized spacial score (nSPS) is 20.9. The molecule has 1 aliphatic rings. The molecule has 0 radical (unpaired) electrons. The molecule has 1 aromatic rings. The molecule has 0 saturated carbocycles. The highest BCUT2D eigenvalue weighted by atomic mass is 31.2. The molecule has 1 heterocycles. The van der Waals surface area contributed by atoms with Crippen molar-refractivity contribution in [3.05, 3.63) is 35.9 Å². The molecule has 7 heteroatoms. The van der Waals surface area contributed by atoms with Gasteiger partial charge in [0, 0.05) is 13.1 Å². The fourth-order valence-electron chi connectivity index (χ4n) is 1.91. The summed E-state index contributed by atoms with van der Waals surface area (Å²) < 4.78 is 48.5. The Hall–Kier alpha value is -0.680. The molecule has 0 aliphatic carbocycles. The van der Waals surface area contributed by atoms with Crippen molar-refractivity contribution in [3.8, 4) is 0 Å². The minimum Gasteiger partial charge on any atom is -0.313 e. The van der Waals surface area contributed by atoms with E-state index in [2.05, 4.69) is 0 Å². The first-order valence-corrected chi connectivity index (χ1v) is 7.07. The Bertz CT molecular complexity index is 405. The molecular formula is C12H16F3N2OP. The Balaban J connectivity index is 2.20. The van der Waals surface area contributed by atoms with Crippen molar-refractivity contribution in [2.45, 2.75) is 12.3 Å². The van der Waals surface area contributed by atoms with Gasteiger partial charge in [-0.05, 0) is 19.7 Å². The standard InChI is InChI=1S/C12H16F3N2OP/c1-16-8-9-17(2)19(16)18-11(12(13,14)15)10-6-4-3-5-7-10/h3-7,11H,8-9H2,1-2H3. The summed E-state index contributed by atoms with van der Waals surface area (Å²) in [7, 11) is 2.22. The lowest BCUT2D eigenvalue weighted by molar-refractivity contribution is -0.197. The van der Waals surface area contributed by atoms with Gasteiger partial charge in [0.1, 0.15) is 0 Å². The largest absolute Gasteiger partial charge is 0.419 e. The Morgan fingerprint density at radius 3 is 2.11 bits per heavy atom. The summed E-state index contributed by atoms with van der Waals surface area (Å²) >= 11 is 0. The quantitative estimate of drug-likeness (QED) is 0.794. The van der Waals surface area contributed by atoms with Crippen LogP contribution in [-0.2, 0) is 4.52 Å². The monoisotopic (exact) mass is 292 g/mol. The van der Waals surface area contributed by atoms with E-state index >= 15 is 0 Å². The number of hydrogen-bond acceptors (Lipinski definition) is 3. The lowest BCUT2D eigenvalue weighted by Crippen LogP contribution is -2.25. The third-order valence-corrected chi connectivity index (χ3v) is 4.90. The molecule has 1 atom stereocenters. The van der Waals surface area contributed by atoms with E-state index in [4.69, 9.17) is 4.52 Å². The first kappa shape index (κ1) is 14.7. The second-order valence-corrected chi connectivity index (χ2v) is 6.53. The zero-order chi connectivity index (χ0) is 14.0. The van der Waals surface area contributed by atoms with Gasteiger partial charge in [-0.1, -0.05) is 30.3 Å². The fourth-order valence-corrected chi connectivity index (χ4v) is 3.71. The first-order valence-electron chi connectivity index (χ1n) is 5.90. The predicted molar refractivity (Wildman–Crippen MR) is 68.5 cm³/mol. The van der Waals surface area contributed by atoms with Crippen LogP contribution in [0.4, 0.5) is 13.2 Å². The van der Waals surface area contributed by atoms with E-state index in [1.54, 1.807) is 32.3 Å². The maximum Gasteiger partial charge on any atom is 0.419 e. The van der Waals surface area contributed by atoms with Gasteiger partial charge in [-0.15, -0.1) is 0 Å². The van der Waals surface area contributed by atoms with Gasteiger partial charge in [-0.2, -0.15) is 13.2 Å². The average Bonchev–Trinajstić information content (AvgIpc) is 2.66. The summed E-state index contributed by atoms with van der Waals surface area (Å²) in [6.45, 7) is 1.45. The molecule has 1 aromatic carbocycles. The highest BCUT2D eigenvalue weighted by molar-refractivity contribution is 7.47. The summed E-state index contributed by atoms with van der Waals surface area (Å²) in [5, 5.41) is 0. The lowest BCUT2D eigenvalue weighted by atomic mass is 10.1. The fraction of sp³-hybridized carbons (Fsp3) is 0.500. The van der Waals surface area contributed by atoms with Gasteiger partial charge in [0.05, 0.1) is 0 Å². The molecule has 0 spiro atoms. The summed E-state index contributed by atoms with van der Waals surface area (Å²) in [5.74, 6) is 0. The molecule has 2 rings (SSSR count). The van der Waals surface area contributed by atoms with Crippen LogP contribution in [0, 0.1) is 0 Å². The Kier molecular flexibility index (Phi) is 4.46. The van der Waals surface area contributed by atoms with E-state index < -0.39 is 20.7 Å². The van der Waals surface area contributed by atoms with E-state index in [1.165, 1.54) is 12.1 Å².